The lowest BCUT2D eigenvalue weighted by molar-refractivity contribution is 0.186. The van der Waals surface area contributed by atoms with Crippen LogP contribution in [-0.2, 0) is 0 Å². The van der Waals surface area contributed by atoms with Crippen LogP contribution < -0.4 is 4.74 Å². The molecule has 0 aliphatic carbocycles. The van der Waals surface area contributed by atoms with Gasteiger partial charge in [0.15, 0.2) is 4.67 Å². The summed E-state index contributed by atoms with van der Waals surface area (Å²) in [6.07, 6.45) is 2.06. The van der Waals surface area contributed by atoms with E-state index in [0.717, 1.165) is 4.47 Å². The van der Waals surface area contributed by atoms with Gasteiger partial charge < -0.3 is 14.3 Å². The highest BCUT2D eigenvalue weighted by molar-refractivity contribution is 9.13. The minimum atomic E-state index is -0.913. The van der Waals surface area contributed by atoms with Crippen LogP contribution >= 0.6 is 31.9 Å². The maximum atomic E-state index is 10.0. The first-order chi connectivity index (χ1) is 8.11. The van der Waals surface area contributed by atoms with Crippen molar-refractivity contribution in [3.63, 3.8) is 0 Å². The van der Waals surface area contributed by atoms with Crippen molar-refractivity contribution < 1.29 is 14.3 Å². The summed E-state index contributed by atoms with van der Waals surface area (Å²) in [5.41, 5.74) is 0.527. The lowest BCUT2D eigenvalue weighted by Crippen LogP contribution is -2.01. The van der Waals surface area contributed by atoms with Gasteiger partial charge in [-0.1, -0.05) is 0 Å². The van der Waals surface area contributed by atoms with Crippen molar-refractivity contribution in [3.05, 3.63) is 38.9 Å². The zero-order valence-electron chi connectivity index (χ0n) is 8.72. The van der Waals surface area contributed by atoms with Gasteiger partial charge in [0, 0.05) is 18.0 Å². The second-order valence-corrected chi connectivity index (χ2v) is 4.75. The monoisotopic (exact) mass is 362 g/mol. The summed E-state index contributed by atoms with van der Waals surface area (Å²) >= 11 is 6.48. The van der Waals surface area contributed by atoms with Gasteiger partial charge in [0.2, 0.25) is 0 Å². The Bertz CT molecular complexity index is 493. The van der Waals surface area contributed by atoms with Gasteiger partial charge in [-0.3, -0.25) is 0 Å². The standard InChI is InChI=1S/C10H8Br2N2O3/c1-16-10-13-3-5(4-14-10)8(15)7-2-6(11)9(12)17-7/h2-4,8,15H,1H3. The molecule has 7 heteroatoms. The zero-order valence-corrected chi connectivity index (χ0v) is 11.9. The van der Waals surface area contributed by atoms with E-state index in [2.05, 4.69) is 41.8 Å². The molecule has 0 aliphatic rings. The predicted octanol–water partition coefficient (Wildman–Crippen LogP) is 2.68. The molecule has 0 spiro atoms. The molecule has 0 saturated carbocycles. The second-order valence-electron chi connectivity index (χ2n) is 3.18. The molecule has 17 heavy (non-hydrogen) atoms. The van der Waals surface area contributed by atoms with Crippen LogP contribution in [0.2, 0.25) is 0 Å². The van der Waals surface area contributed by atoms with Crippen LogP contribution in [0.15, 0.2) is 32.0 Å². The summed E-state index contributed by atoms with van der Waals surface area (Å²) < 4.78 is 11.4. The number of hydrogen-bond donors (Lipinski definition) is 1. The van der Waals surface area contributed by atoms with Crippen molar-refractivity contribution in [1.82, 2.24) is 9.97 Å². The molecule has 0 aliphatic heterocycles. The van der Waals surface area contributed by atoms with E-state index in [9.17, 15) is 5.11 Å². The number of methoxy groups -OCH3 is 1. The summed E-state index contributed by atoms with van der Waals surface area (Å²) in [7, 11) is 1.48. The topological polar surface area (TPSA) is 68.4 Å². The van der Waals surface area contributed by atoms with E-state index in [-0.39, 0.29) is 6.01 Å². The van der Waals surface area contributed by atoms with Gasteiger partial charge in [0.1, 0.15) is 11.9 Å². The minimum absolute atomic E-state index is 0.253. The quantitative estimate of drug-likeness (QED) is 0.907. The highest BCUT2D eigenvalue weighted by Crippen LogP contribution is 2.32. The van der Waals surface area contributed by atoms with Gasteiger partial charge in [0.25, 0.3) is 0 Å². The molecule has 0 fully saturated rings. The first-order valence-electron chi connectivity index (χ1n) is 4.60. The van der Waals surface area contributed by atoms with Crippen molar-refractivity contribution in [3.8, 4) is 6.01 Å². The molecule has 2 rings (SSSR count). The number of aliphatic hydroxyl groups excluding tert-OH is 1. The van der Waals surface area contributed by atoms with Crippen LogP contribution in [0.25, 0.3) is 0 Å². The van der Waals surface area contributed by atoms with Gasteiger partial charge in [-0.2, -0.15) is 0 Å². The smallest absolute Gasteiger partial charge is 0.316 e. The molecular weight excluding hydrogens is 356 g/mol. The summed E-state index contributed by atoms with van der Waals surface area (Å²) in [5.74, 6) is 0.400. The van der Waals surface area contributed by atoms with E-state index in [4.69, 9.17) is 9.15 Å². The Morgan fingerprint density at radius 3 is 2.47 bits per heavy atom. The fourth-order valence-electron chi connectivity index (χ4n) is 1.24. The maximum absolute atomic E-state index is 10.0. The molecule has 0 radical (unpaired) electrons. The molecule has 2 heterocycles. The first kappa shape index (κ1) is 12.5. The van der Waals surface area contributed by atoms with Crippen LogP contribution in [-0.4, -0.2) is 22.2 Å². The lowest BCUT2D eigenvalue weighted by Gasteiger charge is -2.07. The number of ether oxygens (including phenoxy) is 1. The molecule has 1 N–H and O–H groups in total. The number of halogens is 2. The van der Waals surface area contributed by atoms with E-state index < -0.39 is 6.10 Å². The average molecular weight is 364 g/mol. The van der Waals surface area contributed by atoms with Crippen molar-refractivity contribution in [1.29, 1.82) is 0 Å². The zero-order chi connectivity index (χ0) is 12.4. The molecule has 1 atom stereocenters. The fraction of sp³-hybridized carbons (Fsp3) is 0.200. The van der Waals surface area contributed by atoms with Crippen LogP contribution in [0.5, 0.6) is 6.01 Å². The Morgan fingerprint density at radius 1 is 1.35 bits per heavy atom. The first-order valence-corrected chi connectivity index (χ1v) is 6.19. The number of aromatic nitrogens is 2. The number of nitrogens with zero attached hydrogens (tertiary/aromatic N) is 2. The van der Waals surface area contributed by atoms with E-state index in [1.165, 1.54) is 19.5 Å². The molecule has 2 aromatic rings. The number of furan rings is 1. The molecule has 0 bridgehead atoms. The molecular formula is C10H8Br2N2O3. The SMILES string of the molecule is COc1ncc(C(O)c2cc(Br)c(Br)o2)cn1. The van der Waals surface area contributed by atoms with Gasteiger partial charge >= 0.3 is 6.01 Å². The molecule has 0 aromatic carbocycles. The normalized spacial score (nSPS) is 12.5. The van der Waals surface area contributed by atoms with E-state index in [0.29, 0.717) is 16.0 Å². The van der Waals surface area contributed by atoms with Gasteiger partial charge in [-0.25, -0.2) is 9.97 Å². The van der Waals surface area contributed by atoms with Crippen LogP contribution in [0.3, 0.4) is 0 Å². The van der Waals surface area contributed by atoms with Crippen molar-refractivity contribution in [2.45, 2.75) is 6.10 Å². The molecule has 0 saturated heterocycles. The molecule has 5 nitrogen and oxygen atoms in total. The van der Waals surface area contributed by atoms with Crippen molar-refractivity contribution in [2.75, 3.05) is 7.11 Å². The molecule has 90 valence electrons. The van der Waals surface area contributed by atoms with Gasteiger partial charge in [-0.15, -0.1) is 0 Å². The summed E-state index contributed by atoms with van der Waals surface area (Å²) in [4.78, 5) is 7.83. The number of hydrogen-bond acceptors (Lipinski definition) is 5. The lowest BCUT2D eigenvalue weighted by atomic mass is 10.1. The minimum Gasteiger partial charge on any atom is -0.467 e. The highest BCUT2D eigenvalue weighted by Gasteiger charge is 2.17. The van der Waals surface area contributed by atoms with E-state index in [1.54, 1.807) is 6.07 Å². The number of aliphatic hydroxyl groups is 1. The molecule has 1 unspecified atom stereocenters. The predicted molar refractivity (Wildman–Crippen MR) is 66.8 cm³/mol. The Kier molecular flexibility index (Phi) is 3.80. The van der Waals surface area contributed by atoms with Crippen LogP contribution in [0.4, 0.5) is 0 Å². The third-order valence-corrected chi connectivity index (χ3v) is 3.79. The van der Waals surface area contributed by atoms with E-state index >= 15 is 0 Å². The summed E-state index contributed by atoms with van der Waals surface area (Å²) in [5, 5.41) is 10.0. The van der Waals surface area contributed by atoms with Crippen LogP contribution in [0, 0.1) is 0 Å². The Morgan fingerprint density at radius 2 is 2.00 bits per heavy atom. The largest absolute Gasteiger partial charge is 0.467 e. The second kappa shape index (κ2) is 5.16. The van der Waals surface area contributed by atoms with Crippen LogP contribution in [0.1, 0.15) is 17.4 Å². The Hall–Kier alpha value is -0.920. The van der Waals surface area contributed by atoms with Gasteiger partial charge in [0.05, 0.1) is 11.6 Å². The number of rotatable bonds is 3. The molecule has 2 aromatic heterocycles. The third kappa shape index (κ3) is 2.67. The average Bonchev–Trinajstić information content (AvgIpc) is 2.69. The fourth-order valence-corrected chi connectivity index (χ4v) is 1.84. The van der Waals surface area contributed by atoms with Gasteiger partial charge in [-0.05, 0) is 37.9 Å². The van der Waals surface area contributed by atoms with Crippen molar-refractivity contribution in [2.24, 2.45) is 0 Å². The Labute approximate surface area is 114 Å². The summed E-state index contributed by atoms with van der Waals surface area (Å²) in [6, 6.07) is 1.93. The highest BCUT2D eigenvalue weighted by atomic mass is 79.9. The van der Waals surface area contributed by atoms with E-state index in [1.807, 2.05) is 0 Å². The van der Waals surface area contributed by atoms with Crippen molar-refractivity contribution >= 4 is 31.9 Å². The molecule has 0 amide bonds. The Balaban J connectivity index is 2.26. The maximum Gasteiger partial charge on any atom is 0.316 e. The summed E-state index contributed by atoms with van der Waals surface area (Å²) in [6.45, 7) is 0. The third-order valence-electron chi connectivity index (χ3n) is 2.08.